The summed E-state index contributed by atoms with van der Waals surface area (Å²) in [6.45, 7) is 0.335. The zero-order valence-corrected chi connectivity index (χ0v) is 16.4. The molecule has 2 heterocycles. The fourth-order valence-corrected chi connectivity index (χ4v) is 3.67. The van der Waals surface area contributed by atoms with Crippen LogP contribution in [0.5, 0.6) is 0 Å². The molecule has 0 aromatic rings. The standard InChI is InChI=1S/C18H34N2O8/c1-26-12-7-11(9-21)20(8-12)14(23)5-3-2-4-6-27-18-15(19)17(25)16(24)13(10-22)28-18/h11-13,15-18,21-22,24-25H,2-10,19H2,1H3/t11-,12+,13?,15-,16?,17-,18+/m0/s1. The highest BCUT2D eigenvalue weighted by molar-refractivity contribution is 5.76. The number of aliphatic hydroxyl groups is 4. The number of aliphatic hydroxyl groups excluding tert-OH is 4. The Bertz CT molecular complexity index is 481. The van der Waals surface area contributed by atoms with E-state index in [1.807, 2.05) is 0 Å². The van der Waals surface area contributed by atoms with E-state index in [-0.39, 0.29) is 24.7 Å². The summed E-state index contributed by atoms with van der Waals surface area (Å²) in [5.74, 6) is 0.0139. The molecule has 0 bridgehead atoms. The number of methoxy groups -OCH3 is 1. The molecule has 0 spiro atoms. The van der Waals surface area contributed by atoms with Gasteiger partial charge in [0.1, 0.15) is 18.3 Å². The number of nitrogens with two attached hydrogens (primary N) is 1. The second-order valence-electron chi connectivity index (χ2n) is 7.44. The third-order valence-corrected chi connectivity index (χ3v) is 5.49. The first-order valence-electron chi connectivity index (χ1n) is 9.85. The fourth-order valence-electron chi connectivity index (χ4n) is 3.67. The molecule has 2 rings (SSSR count). The number of amides is 1. The first-order chi connectivity index (χ1) is 13.4. The topological polar surface area (TPSA) is 155 Å². The van der Waals surface area contributed by atoms with Crippen molar-refractivity contribution in [2.45, 2.75) is 74.9 Å². The third kappa shape index (κ3) is 5.83. The van der Waals surface area contributed by atoms with Gasteiger partial charge in [-0.05, 0) is 19.3 Å². The average Bonchev–Trinajstić information content (AvgIpc) is 3.13. The monoisotopic (exact) mass is 406 g/mol. The van der Waals surface area contributed by atoms with Gasteiger partial charge in [-0.1, -0.05) is 6.42 Å². The van der Waals surface area contributed by atoms with Crippen LogP contribution in [0.4, 0.5) is 0 Å². The van der Waals surface area contributed by atoms with Gasteiger partial charge in [0.15, 0.2) is 6.29 Å². The minimum absolute atomic E-state index is 0.0139. The summed E-state index contributed by atoms with van der Waals surface area (Å²) in [7, 11) is 1.61. The van der Waals surface area contributed by atoms with Crippen molar-refractivity contribution in [3.05, 3.63) is 0 Å². The largest absolute Gasteiger partial charge is 0.394 e. The number of ether oxygens (including phenoxy) is 3. The molecule has 2 unspecified atom stereocenters. The molecule has 7 atom stereocenters. The van der Waals surface area contributed by atoms with Crippen molar-refractivity contribution in [1.29, 1.82) is 0 Å². The third-order valence-electron chi connectivity index (χ3n) is 5.49. The number of likely N-dealkylation sites (tertiary alicyclic amines) is 1. The van der Waals surface area contributed by atoms with Gasteiger partial charge in [-0.3, -0.25) is 4.79 Å². The number of carbonyl (C=O) groups excluding carboxylic acids is 1. The lowest BCUT2D eigenvalue weighted by atomic mass is 9.98. The zero-order chi connectivity index (χ0) is 20.7. The smallest absolute Gasteiger partial charge is 0.222 e. The van der Waals surface area contributed by atoms with Crippen LogP contribution >= 0.6 is 0 Å². The molecular weight excluding hydrogens is 372 g/mol. The highest BCUT2D eigenvalue weighted by Crippen LogP contribution is 2.22. The summed E-state index contributed by atoms with van der Waals surface area (Å²) in [4.78, 5) is 14.0. The van der Waals surface area contributed by atoms with E-state index in [4.69, 9.17) is 19.9 Å². The van der Waals surface area contributed by atoms with E-state index in [9.17, 15) is 25.2 Å². The number of hydrogen-bond acceptors (Lipinski definition) is 9. The zero-order valence-electron chi connectivity index (χ0n) is 16.4. The van der Waals surface area contributed by atoms with Gasteiger partial charge in [0.05, 0.1) is 31.4 Å². The molecule has 0 aromatic heterocycles. The van der Waals surface area contributed by atoms with Crippen LogP contribution in [0.25, 0.3) is 0 Å². The Labute approximate surface area is 165 Å². The lowest BCUT2D eigenvalue weighted by Gasteiger charge is -2.40. The lowest BCUT2D eigenvalue weighted by molar-refractivity contribution is -0.265. The highest BCUT2D eigenvalue weighted by atomic mass is 16.7. The fraction of sp³-hybridized carbons (Fsp3) is 0.944. The second kappa shape index (κ2) is 11.4. The van der Waals surface area contributed by atoms with Crippen LogP contribution in [-0.2, 0) is 19.0 Å². The van der Waals surface area contributed by atoms with Gasteiger partial charge in [-0.15, -0.1) is 0 Å². The lowest BCUT2D eigenvalue weighted by Crippen LogP contribution is -2.62. The Balaban J connectivity index is 1.63. The quantitative estimate of drug-likeness (QED) is 0.258. The Morgan fingerprint density at radius 3 is 2.57 bits per heavy atom. The maximum Gasteiger partial charge on any atom is 0.222 e. The van der Waals surface area contributed by atoms with Crippen molar-refractivity contribution in [3.63, 3.8) is 0 Å². The van der Waals surface area contributed by atoms with E-state index in [1.165, 1.54) is 0 Å². The van der Waals surface area contributed by atoms with Gasteiger partial charge >= 0.3 is 0 Å². The summed E-state index contributed by atoms with van der Waals surface area (Å²) in [6.07, 6.45) is -1.18. The van der Waals surface area contributed by atoms with Crippen molar-refractivity contribution >= 4 is 5.91 Å². The van der Waals surface area contributed by atoms with Crippen LogP contribution < -0.4 is 5.73 Å². The summed E-state index contributed by atoms with van der Waals surface area (Å²) >= 11 is 0. The van der Waals surface area contributed by atoms with Crippen LogP contribution in [0.2, 0.25) is 0 Å². The molecule has 0 aliphatic carbocycles. The number of nitrogens with zero attached hydrogens (tertiary/aromatic N) is 1. The molecule has 1 amide bonds. The van der Waals surface area contributed by atoms with E-state index in [2.05, 4.69) is 0 Å². The van der Waals surface area contributed by atoms with Gasteiger partial charge in [0.2, 0.25) is 5.91 Å². The molecule has 0 saturated carbocycles. The van der Waals surface area contributed by atoms with Crippen molar-refractivity contribution in [2.24, 2.45) is 5.73 Å². The molecule has 2 aliphatic rings. The van der Waals surface area contributed by atoms with E-state index >= 15 is 0 Å². The van der Waals surface area contributed by atoms with Gasteiger partial charge in [-0.25, -0.2) is 0 Å². The minimum Gasteiger partial charge on any atom is -0.394 e. The van der Waals surface area contributed by atoms with E-state index in [0.717, 1.165) is 6.42 Å². The molecule has 10 nitrogen and oxygen atoms in total. The summed E-state index contributed by atoms with van der Waals surface area (Å²) in [5, 5.41) is 38.2. The molecule has 0 radical (unpaired) electrons. The van der Waals surface area contributed by atoms with Crippen LogP contribution in [0.3, 0.4) is 0 Å². The first-order valence-corrected chi connectivity index (χ1v) is 9.85. The molecule has 164 valence electrons. The molecular formula is C18H34N2O8. The number of unbranched alkanes of at least 4 members (excludes halogenated alkanes) is 2. The highest BCUT2D eigenvalue weighted by Gasteiger charge is 2.42. The van der Waals surface area contributed by atoms with Gasteiger partial charge in [-0.2, -0.15) is 0 Å². The van der Waals surface area contributed by atoms with E-state index < -0.39 is 37.3 Å². The molecule has 28 heavy (non-hydrogen) atoms. The molecule has 10 heteroatoms. The van der Waals surface area contributed by atoms with Crippen molar-refractivity contribution in [3.8, 4) is 0 Å². The Kier molecular flexibility index (Phi) is 9.51. The van der Waals surface area contributed by atoms with Crippen molar-refractivity contribution < 1.29 is 39.4 Å². The Morgan fingerprint density at radius 2 is 1.93 bits per heavy atom. The van der Waals surface area contributed by atoms with Crippen molar-refractivity contribution in [2.75, 3.05) is 33.5 Å². The molecule has 2 saturated heterocycles. The normalized spacial score (nSPS) is 36.1. The first kappa shape index (κ1) is 23.4. The summed E-state index contributed by atoms with van der Waals surface area (Å²) in [5.41, 5.74) is 5.81. The number of rotatable bonds is 10. The van der Waals surface area contributed by atoms with Gasteiger partial charge < -0.3 is 45.3 Å². The van der Waals surface area contributed by atoms with E-state index in [1.54, 1.807) is 12.0 Å². The maximum atomic E-state index is 12.4. The van der Waals surface area contributed by atoms with Crippen LogP contribution in [0.15, 0.2) is 0 Å². The van der Waals surface area contributed by atoms with Gasteiger partial charge in [0.25, 0.3) is 0 Å². The summed E-state index contributed by atoms with van der Waals surface area (Å²) in [6, 6.07) is -1.08. The second-order valence-corrected chi connectivity index (χ2v) is 7.44. The predicted octanol–water partition coefficient (Wildman–Crippen LogP) is -2.06. The molecule has 2 fully saturated rings. The molecule has 2 aliphatic heterocycles. The summed E-state index contributed by atoms with van der Waals surface area (Å²) < 4.78 is 16.2. The Hall–Kier alpha value is -0.850. The van der Waals surface area contributed by atoms with Crippen LogP contribution in [0, 0.1) is 0 Å². The number of hydrogen-bond donors (Lipinski definition) is 5. The molecule has 6 N–H and O–H groups in total. The maximum absolute atomic E-state index is 12.4. The van der Waals surface area contributed by atoms with Crippen LogP contribution in [0.1, 0.15) is 32.1 Å². The van der Waals surface area contributed by atoms with E-state index in [0.29, 0.717) is 38.8 Å². The van der Waals surface area contributed by atoms with Crippen LogP contribution in [-0.4, -0.2) is 107 Å². The number of carbonyl (C=O) groups is 1. The van der Waals surface area contributed by atoms with Gasteiger partial charge in [0, 0.05) is 26.7 Å². The predicted molar refractivity (Wildman–Crippen MR) is 98.2 cm³/mol. The molecule has 0 aromatic carbocycles. The Morgan fingerprint density at radius 1 is 1.18 bits per heavy atom. The van der Waals surface area contributed by atoms with Crippen molar-refractivity contribution in [1.82, 2.24) is 4.90 Å². The minimum atomic E-state index is -1.25. The SMILES string of the molecule is CO[C@@H]1C[C@@H](CO)N(C(=O)CCCCCO[C@@H]2OC(CO)C(O)[C@@H](O)[C@@H]2N)C1. The average molecular weight is 406 g/mol.